The van der Waals surface area contributed by atoms with Crippen LogP contribution in [0.2, 0.25) is 0 Å². The van der Waals surface area contributed by atoms with E-state index in [4.69, 9.17) is 10.5 Å². The highest BCUT2D eigenvalue weighted by molar-refractivity contribution is 5.25. The van der Waals surface area contributed by atoms with E-state index in [-0.39, 0.29) is 6.10 Å². The molecule has 72 valence electrons. The Bertz CT molecular complexity index is 284. The molecule has 0 radical (unpaired) electrons. The van der Waals surface area contributed by atoms with Crippen LogP contribution in [0, 0.1) is 0 Å². The molecule has 4 heteroatoms. The number of nitrogen functional groups attached to an aromatic ring is 1. The fourth-order valence-corrected chi connectivity index (χ4v) is 1.71. The van der Waals surface area contributed by atoms with Gasteiger partial charge in [-0.05, 0) is 25.8 Å². The standard InChI is InChI=1S/C9H15N3O/c1-7-2-3-8(13-7)6-12-9(10)4-5-11-12/h4-5,7-8H,2-3,6,10H2,1H3. The molecule has 2 N–H and O–H groups in total. The third kappa shape index (κ3) is 1.83. The normalized spacial score (nSPS) is 28.1. The van der Waals surface area contributed by atoms with Crippen LogP contribution in [-0.2, 0) is 11.3 Å². The quantitative estimate of drug-likeness (QED) is 0.741. The van der Waals surface area contributed by atoms with Crippen LogP contribution in [0.5, 0.6) is 0 Å². The minimum atomic E-state index is 0.289. The first-order chi connectivity index (χ1) is 6.25. The van der Waals surface area contributed by atoms with E-state index in [1.807, 2.05) is 0 Å². The summed E-state index contributed by atoms with van der Waals surface area (Å²) in [7, 11) is 0. The first-order valence-electron chi connectivity index (χ1n) is 4.68. The van der Waals surface area contributed by atoms with Crippen molar-refractivity contribution in [2.75, 3.05) is 5.73 Å². The second-order valence-corrected chi connectivity index (χ2v) is 3.58. The molecule has 2 unspecified atom stereocenters. The molecule has 1 aromatic rings. The molecule has 0 saturated carbocycles. The van der Waals surface area contributed by atoms with Crippen molar-refractivity contribution in [1.29, 1.82) is 0 Å². The third-order valence-corrected chi connectivity index (χ3v) is 2.45. The zero-order valence-electron chi connectivity index (χ0n) is 7.81. The average Bonchev–Trinajstić information content (AvgIpc) is 2.64. The molecule has 4 nitrogen and oxygen atoms in total. The van der Waals surface area contributed by atoms with Crippen LogP contribution in [0.3, 0.4) is 0 Å². The largest absolute Gasteiger partial charge is 0.384 e. The average molecular weight is 181 g/mol. The van der Waals surface area contributed by atoms with Crippen LogP contribution >= 0.6 is 0 Å². The van der Waals surface area contributed by atoms with E-state index in [9.17, 15) is 0 Å². The molecule has 1 aliphatic heterocycles. The minimum Gasteiger partial charge on any atom is -0.384 e. The molecule has 2 heterocycles. The Balaban J connectivity index is 1.95. The van der Waals surface area contributed by atoms with Gasteiger partial charge < -0.3 is 10.5 Å². The number of ether oxygens (including phenoxy) is 1. The molecule has 2 atom stereocenters. The van der Waals surface area contributed by atoms with Gasteiger partial charge in [0.15, 0.2) is 0 Å². The van der Waals surface area contributed by atoms with E-state index in [2.05, 4.69) is 12.0 Å². The first kappa shape index (κ1) is 8.56. The van der Waals surface area contributed by atoms with Gasteiger partial charge >= 0.3 is 0 Å². The van der Waals surface area contributed by atoms with Crippen molar-refractivity contribution in [3.8, 4) is 0 Å². The summed E-state index contributed by atoms with van der Waals surface area (Å²) in [5, 5.41) is 4.12. The van der Waals surface area contributed by atoms with Crippen molar-refractivity contribution in [2.24, 2.45) is 0 Å². The van der Waals surface area contributed by atoms with E-state index in [0.717, 1.165) is 19.4 Å². The summed E-state index contributed by atoms with van der Waals surface area (Å²) in [5.41, 5.74) is 5.70. The van der Waals surface area contributed by atoms with Crippen LogP contribution in [0.4, 0.5) is 5.82 Å². The van der Waals surface area contributed by atoms with E-state index in [0.29, 0.717) is 11.9 Å². The lowest BCUT2D eigenvalue weighted by atomic mass is 10.2. The van der Waals surface area contributed by atoms with Gasteiger partial charge in [-0.1, -0.05) is 0 Å². The van der Waals surface area contributed by atoms with Gasteiger partial charge in [0.1, 0.15) is 5.82 Å². The molecule has 1 saturated heterocycles. The van der Waals surface area contributed by atoms with Crippen LogP contribution in [0.1, 0.15) is 19.8 Å². The summed E-state index contributed by atoms with van der Waals surface area (Å²) >= 11 is 0. The molecule has 1 aromatic heterocycles. The zero-order chi connectivity index (χ0) is 9.26. The van der Waals surface area contributed by atoms with Crippen molar-refractivity contribution >= 4 is 5.82 Å². The predicted octanol–water partition coefficient (Wildman–Crippen LogP) is 1.03. The summed E-state index contributed by atoms with van der Waals surface area (Å²) in [6.07, 6.45) is 4.65. The van der Waals surface area contributed by atoms with Crippen LogP contribution in [0.15, 0.2) is 12.3 Å². The van der Waals surface area contributed by atoms with Gasteiger partial charge in [0.25, 0.3) is 0 Å². The van der Waals surface area contributed by atoms with Crippen molar-refractivity contribution < 1.29 is 4.74 Å². The highest BCUT2D eigenvalue weighted by Gasteiger charge is 2.22. The SMILES string of the molecule is CC1CCC(Cn2nccc2N)O1. The van der Waals surface area contributed by atoms with E-state index < -0.39 is 0 Å². The van der Waals surface area contributed by atoms with Gasteiger partial charge in [-0.15, -0.1) is 0 Å². The van der Waals surface area contributed by atoms with E-state index >= 15 is 0 Å². The summed E-state index contributed by atoms with van der Waals surface area (Å²) < 4.78 is 7.47. The van der Waals surface area contributed by atoms with Crippen LogP contribution in [-0.4, -0.2) is 22.0 Å². The first-order valence-corrected chi connectivity index (χ1v) is 4.68. The van der Waals surface area contributed by atoms with Gasteiger partial charge in [0, 0.05) is 0 Å². The number of hydrogen-bond donors (Lipinski definition) is 1. The molecule has 0 bridgehead atoms. The van der Waals surface area contributed by atoms with Crippen molar-refractivity contribution in [3.05, 3.63) is 12.3 Å². The summed E-state index contributed by atoms with van der Waals surface area (Å²) in [4.78, 5) is 0. The van der Waals surface area contributed by atoms with Crippen molar-refractivity contribution in [1.82, 2.24) is 9.78 Å². The molecule has 1 aliphatic rings. The lowest BCUT2D eigenvalue weighted by molar-refractivity contribution is 0.0441. The third-order valence-electron chi connectivity index (χ3n) is 2.45. The Morgan fingerprint density at radius 2 is 2.54 bits per heavy atom. The number of nitrogens with zero attached hydrogens (tertiary/aromatic N) is 2. The maximum atomic E-state index is 5.70. The predicted molar refractivity (Wildman–Crippen MR) is 50.2 cm³/mol. The lowest BCUT2D eigenvalue weighted by Crippen LogP contribution is -2.18. The number of anilines is 1. The van der Waals surface area contributed by atoms with Gasteiger partial charge in [-0.2, -0.15) is 5.10 Å². The molecule has 13 heavy (non-hydrogen) atoms. The molecule has 2 rings (SSSR count). The molecule has 1 fully saturated rings. The molecule has 0 aliphatic carbocycles. The summed E-state index contributed by atoms with van der Waals surface area (Å²) in [6.45, 7) is 2.88. The molecule has 0 amide bonds. The number of nitrogens with two attached hydrogens (primary N) is 1. The fraction of sp³-hybridized carbons (Fsp3) is 0.667. The summed E-state index contributed by atoms with van der Waals surface area (Å²) in [6, 6.07) is 1.80. The molecular formula is C9H15N3O. The maximum absolute atomic E-state index is 5.70. The van der Waals surface area contributed by atoms with Gasteiger partial charge in [-0.3, -0.25) is 0 Å². The molecule has 0 spiro atoms. The summed E-state index contributed by atoms with van der Waals surface area (Å²) in [5.74, 6) is 0.711. The second kappa shape index (κ2) is 3.38. The number of rotatable bonds is 2. The Morgan fingerprint density at radius 3 is 3.08 bits per heavy atom. The van der Waals surface area contributed by atoms with Crippen LogP contribution < -0.4 is 5.73 Å². The Kier molecular flexibility index (Phi) is 2.22. The van der Waals surface area contributed by atoms with Crippen LogP contribution in [0.25, 0.3) is 0 Å². The molecular weight excluding hydrogens is 166 g/mol. The fourth-order valence-electron chi connectivity index (χ4n) is 1.71. The van der Waals surface area contributed by atoms with Gasteiger partial charge in [-0.25, -0.2) is 4.68 Å². The highest BCUT2D eigenvalue weighted by atomic mass is 16.5. The number of hydrogen-bond acceptors (Lipinski definition) is 3. The minimum absolute atomic E-state index is 0.289. The van der Waals surface area contributed by atoms with Crippen molar-refractivity contribution in [3.63, 3.8) is 0 Å². The van der Waals surface area contributed by atoms with Crippen molar-refractivity contribution in [2.45, 2.75) is 38.5 Å². The Hall–Kier alpha value is -1.03. The van der Waals surface area contributed by atoms with E-state index in [1.54, 1.807) is 16.9 Å². The Morgan fingerprint density at radius 1 is 1.69 bits per heavy atom. The topological polar surface area (TPSA) is 53.1 Å². The second-order valence-electron chi connectivity index (χ2n) is 3.58. The monoisotopic (exact) mass is 181 g/mol. The number of aromatic nitrogens is 2. The van der Waals surface area contributed by atoms with Gasteiger partial charge in [0.2, 0.25) is 0 Å². The lowest BCUT2D eigenvalue weighted by Gasteiger charge is -2.11. The highest BCUT2D eigenvalue weighted by Crippen LogP contribution is 2.20. The van der Waals surface area contributed by atoms with E-state index in [1.165, 1.54) is 0 Å². The smallest absolute Gasteiger partial charge is 0.121 e. The zero-order valence-corrected chi connectivity index (χ0v) is 7.81. The Labute approximate surface area is 77.7 Å². The molecule has 0 aromatic carbocycles. The maximum Gasteiger partial charge on any atom is 0.121 e. The van der Waals surface area contributed by atoms with Gasteiger partial charge in [0.05, 0.1) is 24.9 Å².